The Balaban J connectivity index is 3.21. The number of alkyl halides is 1. The Morgan fingerprint density at radius 3 is 2.50 bits per heavy atom. The van der Waals surface area contributed by atoms with Gasteiger partial charge in [-0.25, -0.2) is 0 Å². The van der Waals surface area contributed by atoms with Crippen LogP contribution in [0.25, 0.3) is 0 Å². The minimum absolute atomic E-state index is 0.762. The van der Waals surface area contributed by atoms with Crippen molar-refractivity contribution in [2.75, 3.05) is 19.6 Å². The van der Waals surface area contributed by atoms with Crippen molar-refractivity contribution in [1.29, 1.82) is 0 Å². The van der Waals surface area contributed by atoms with Crippen molar-refractivity contribution < 1.29 is 4.74 Å². The molecule has 0 N–H and O–H groups in total. The fourth-order valence-corrected chi connectivity index (χ4v) is 1.30. The molecule has 0 amide bonds. The van der Waals surface area contributed by atoms with Crippen molar-refractivity contribution in [2.45, 2.75) is 26.2 Å². The van der Waals surface area contributed by atoms with Crippen molar-refractivity contribution in [1.82, 2.24) is 0 Å². The summed E-state index contributed by atoms with van der Waals surface area (Å²) < 4.78 is 4.98. The first kappa shape index (κ1) is 10.2. The van der Waals surface area contributed by atoms with Crippen LogP contribution in [0.5, 0.6) is 0 Å². The molecular weight excluding hydrogens is 148 g/mol. The third-order valence-corrected chi connectivity index (χ3v) is 2.04. The Labute approximate surface area is 68.7 Å². The molecular formula is C8H17ClO. The van der Waals surface area contributed by atoms with Crippen LogP contribution in [0, 0.1) is 5.92 Å². The van der Waals surface area contributed by atoms with Crippen molar-refractivity contribution in [3.63, 3.8) is 0 Å². The molecule has 2 heteroatoms. The topological polar surface area (TPSA) is 9.23 Å². The Hall–Kier alpha value is 0.250. The average Bonchev–Trinajstić information content (AvgIpc) is 1.98. The number of rotatable bonds is 6. The van der Waals surface area contributed by atoms with Crippen LogP contribution < -0.4 is 0 Å². The second-order valence-electron chi connectivity index (χ2n) is 2.53. The third kappa shape index (κ3) is 5.07. The molecule has 0 aliphatic heterocycles. The molecule has 0 aliphatic carbocycles. The van der Waals surface area contributed by atoms with Crippen LogP contribution >= 0.6 is 11.6 Å². The van der Waals surface area contributed by atoms with Gasteiger partial charge in [0.1, 0.15) is 0 Å². The van der Waals surface area contributed by atoms with Gasteiger partial charge < -0.3 is 4.74 Å². The highest BCUT2D eigenvalue weighted by Gasteiger charge is 2.03. The van der Waals surface area contributed by atoms with E-state index < -0.39 is 0 Å². The van der Waals surface area contributed by atoms with E-state index in [1.54, 1.807) is 7.11 Å². The maximum absolute atomic E-state index is 5.61. The van der Waals surface area contributed by atoms with Crippen molar-refractivity contribution in [2.24, 2.45) is 5.92 Å². The zero-order valence-electron chi connectivity index (χ0n) is 6.90. The molecule has 0 fully saturated rings. The zero-order chi connectivity index (χ0) is 7.82. The van der Waals surface area contributed by atoms with Crippen molar-refractivity contribution >= 4 is 11.6 Å². The van der Waals surface area contributed by atoms with Gasteiger partial charge in [0, 0.05) is 19.6 Å². The molecule has 0 saturated heterocycles. The van der Waals surface area contributed by atoms with E-state index >= 15 is 0 Å². The van der Waals surface area contributed by atoms with E-state index in [-0.39, 0.29) is 0 Å². The van der Waals surface area contributed by atoms with Gasteiger partial charge in [0.2, 0.25) is 0 Å². The number of ether oxygens (including phenoxy) is 1. The molecule has 0 rings (SSSR count). The molecule has 10 heavy (non-hydrogen) atoms. The van der Waals surface area contributed by atoms with Crippen LogP contribution in [0.15, 0.2) is 0 Å². The maximum atomic E-state index is 5.61. The average molecular weight is 165 g/mol. The maximum Gasteiger partial charge on any atom is 0.0464 e. The molecule has 0 saturated carbocycles. The lowest BCUT2D eigenvalue weighted by Crippen LogP contribution is -2.03. The highest BCUT2D eigenvalue weighted by Crippen LogP contribution is 2.13. The Morgan fingerprint density at radius 2 is 2.10 bits per heavy atom. The molecule has 0 radical (unpaired) electrons. The summed E-state index contributed by atoms with van der Waals surface area (Å²) in [7, 11) is 1.74. The standard InChI is InChI=1S/C8H17ClO/c1-3-8(4-6-9)5-7-10-2/h8H,3-7H2,1-2H3. The Morgan fingerprint density at radius 1 is 1.40 bits per heavy atom. The summed E-state index contributed by atoms with van der Waals surface area (Å²) in [6.45, 7) is 3.07. The SMILES string of the molecule is CCC(CCCl)CCOC. The fourth-order valence-electron chi connectivity index (χ4n) is 0.991. The van der Waals surface area contributed by atoms with E-state index in [1.807, 2.05) is 0 Å². The van der Waals surface area contributed by atoms with E-state index in [0.717, 1.165) is 31.2 Å². The van der Waals surface area contributed by atoms with Gasteiger partial charge in [0.15, 0.2) is 0 Å². The second-order valence-corrected chi connectivity index (χ2v) is 2.91. The van der Waals surface area contributed by atoms with Crippen LogP contribution in [-0.2, 0) is 4.74 Å². The van der Waals surface area contributed by atoms with Crippen LogP contribution in [0.4, 0.5) is 0 Å². The van der Waals surface area contributed by atoms with Gasteiger partial charge in [0.25, 0.3) is 0 Å². The summed E-state index contributed by atoms with van der Waals surface area (Å²) in [4.78, 5) is 0. The van der Waals surface area contributed by atoms with E-state index in [4.69, 9.17) is 16.3 Å². The van der Waals surface area contributed by atoms with Gasteiger partial charge >= 0.3 is 0 Å². The minimum atomic E-state index is 0.762. The largest absolute Gasteiger partial charge is 0.385 e. The summed E-state index contributed by atoms with van der Waals surface area (Å²) in [5, 5.41) is 0. The molecule has 0 spiro atoms. The predicted octanol–water partition coefficient (Wildman–Crippen LogP) is 2.68. The Kier molecular flexibility index (Phi) is 7.54. The first-order valence-corrected chi connectivity index (χ1v) is 4.43. The monoisotopic (exact) mass is 164 g/mol. The molecule has 1 unspecified atom stereocenters. The quantitative estimate of drug-likeness (QED) is 0.549. The molecule has 1 atom stereocenters. The number of hydrogen-bond acceptors (Lipinski definition) is 1. The van der Waals surface area contributed by atoms with Crippen LogP contribution in [0.3, 0.4) is 0 Å². The molecule has 62 valence electrons. The molecule has 0 aromatic carbocycles. The molecule has 0 aromatic rings. The molecule has 0 aromatic heterocycles. The van der Waals surface area contributed by atoms with E-state index in [9.17, 15) is 0 Å². The van der Waals surface area contributed by atoms with Crippen molar-refractivity contribution in [3.8, 4) is 0 Å². The van der Waals surface area contributed by atoms with E-state index in [1.165, 1.54) is 6.42 Å². The molecule has 0 bridgehead atoms. The third-order valence-electron chi connectivity index (χ3n) is 1.82. The predicted molar refractivity (Wildman–Crippen MR) is 45.6 cm³/mol. The van der Waals surface area contributed by atoms with Gasteiger partial charge in [-0.1, -0.05) is 13.3 Å². The first-order chi connectivity index (χ1) is 4.85. The summed E-state index contributed by atoms with van der Waals surface area (Å²) in [6.07, 6.45) is 3.50. The summed E-state index contributed by atoms with van der Waals surface area (Å²) in [5.74, 6) is 1.54. The van der Waals surface area contributed by atoms with E-state index in [0.29, 0.717) is 0 Å². The first-order valence-electron chi connectivity index (χ1n) is 3.90. The van der Waals surface area contributed by atoms with Crippen molar-refractivity contribution in [3.05, 3.63) is 0 Å². The van der Waals surface area contributed by atoms with E-state index in [2.05, 4.69) is 6.92 Å². The van der Waals surface area contributed by atoms with Gasteiger partial charge in [-0.2, -0.15) is 0 Å². The lowest BCUT2D eigenvalue weighted by molar-refractivity contribution is 0.175. The Bertz CT molecular complexity index is 66.3. The highest BCUT2D eigenvalue weighted by molar-refractivity contribution is 6.17. The smallest absolute Gasteiger partial charge is 0.0464 e. The summed E-state index contributed by atoms with van der Waals surface area (Å²) in [6, 6.07) is 0. The van der Waals surface area contributed by atoms with Crippen LogP contribution in [0.2, 0.25) is 0 Å². The summed E-state index contributed by atoms with van der Waals surface area (Å²) >= 11 is 5.61. The zero-order valence-corrected chi connectivity index (χ0v) is 7.66. The van der Waals surface area contributed by atoms with Gasteiger partial charge in [-0.15, -0.1) is 11.6 Å². The van der Waals surface area contributed by atoms with Crippen LogP contribution in [0.1, 0.15) is 26.2 Å². The summed E-state index contributed by atoms with van der Waals surface area (Å²) in [5.41, 5.74) is 0. The van der Waals surface area contributed by atoms with Crippen LogP contribution in [-0.4, -0.2) is 19.6 Å². The lowest BCUT2D eigenvalue weighted by atomic mass is 10.0. The normalized spacial score (nSPS) is 13.5. The number of methoxy groups -OCH3 is 1. The molecule has 1 nitrogen and oxygen atoms in total. The minimum Gasteiger partial charge on any atom is -0.385 e. The molecule has 0 heterocycles. The fraction of sp³-hybridized carbons (Fsp3) is 1.00. The highest BCUT2D eigenvalue weighted by atomic mass is 35.5. The molecule has 0 aliphatic rings. The number of halogens is 1. The lowest BCUT2D eigenvalue weighted by Gasteiger charge is -2.11. The van der Waals surface area contributed by atoms with Gasteiger partial charge in [-0.3, -0.25) is 0 Å². The second kappa shape index (κ2) is 7.36. The van der Waals surface area contributed by atoms with Gasteiger partial charge in [-0.05, 0) is 18.8 Å². The van der Waals surface area contributed by atoms with Gasteiger partial charge in [0.05, 0.1) is 0 Å². The number of hydrogen-bond donors (Lipinski definition) is 0.